The zero-order valence-corrected chi connectivity index (χ0v) is 10.9. The van der Waals surface area contributed by atoms with Crippen molar-refractivity contribution in [3.05, 3.63) is 17.8 Å². The summed E-state index contributed by atoms with van der Waals surface area (Å²) in [6.45, 7) is 4.62. The lowest BCUT2D eigenvalue weighted by atomic mass is 10.1. The Labute approximate surface area is 107 Å². The van der Waals surface area contributed by atoms with Gasteiger partial charge in [0.05, 0.1) is 0 Å². The number of rotatable bonds is 6. The van der Waals surface area contributed by atoms with E-state index in [0.29, 0.717) is 18.3 Å². The van der Waals surface area contributed by atoms with E-state index < -0.39 is 0 Å². The van der Waals surface area contributed by atoms with Gasteiger partial charge in [0.2, 0.25) is 0 Å². The number of aromatic nitrogens is 2. The van der Waals surface area contributed by atoms with Gasteiger partial charge in [0, 0.05) is 12.6 Å². The standard InChI is InChI=1S/C13H20N4O/c1-3-14-13(18)11-6-7-12(17-16-11)15-9(2)8-10-4-5-10/h6-7,9-10H,3-5,8H2,1-2H3,(H,14,18)(H,15,17). The number of nitrogens with zero attached hydrogens (tertiary/aromatic N) is 2. The fourth-order valence-electron chi connectivity index (χ4n) is 1.95. The second kappa shape index (κ2) is 5.80. The highest BCUT2D eigenvalue weighted by Crippen LogP contribution is 2.33. The predicted molar refractivity (Wildman–Crippen MR) is 70.5 cm³/mol. The third-order valence-corrected chi connectivity index (χ3v) is 3.01. The average molecular weight is 248 g/mol. The van der Waals surface area contributed by atoms with Crippen LogP contribution in [-0.4, -0.2) is 28.7 Å². The number of hydrogen-bond donors (Lipinski definition) is 2. The Bertz CT molecular complexity index is 400. The monoisotopic (exact) mass is 248 g/mol. The Hall–Kier alpha value is -1.65. The topological polar surface area (TPSA) is 66.9 Å². The molecular formula is C13H20N4O. The van der Waals surface area contributed by atoms with Crippen molar-refractivity contribution in [2.45, 2.75) is 39.2 Å². The van der Waals surface area contributed by atoms with Gasteiger partial charge in [-0.3, -0.25) is 4.79 Å². The minimum absolute atomic E-state index is 0.178. The van der Waals surface area contributed by atoms with Crippen LogP contribution in [0.3, 0.4) is 0 Å². The predicted octanol–water partition coefficient (Wildman–Crippen LogP) is 1.83. The van der Waals surface area contributed by atoms with Crippen molar-refractivity contribution in [1.29, 1.82) is 0 Å². The zero-order valence-electron chi connectivity index (χ0n) is 10.9. The first-order valence-corrected chi connectivity index (χ1v) is 6.57. The van der Waals surface area contributed by atoms with Gasteiger partial charge in [-0.2, -0.15) is 0 Å². The largest absolute Gasteiger partial charge is 0.366 e. The number of anilines is 1. The molecule has 1 aliphatic carbocycles. The summed E-state index contributed by atoms with van der Waals surface area (Å²) in [5, 5.41) is 13.9. The summed E-state index contributed by atoms with van der Waals surface area (Å²) in [7, 11) is 0. The number of hydrogen-bond acceptors (Lipinski definition) is 4. The first kappa shape index (κ1) is 12.8. The average Bonchev–Trinajstić information content (AvgIpc) is 3.14. The summed E-state index contributed by atoms with van der Waals surface area (Å²) in [6, 6.07) is 3.91. The second-order valence-corrected chi connectivity index (χ2v) is 4.89. The van der Waals surface area contributed by atoms with Crippen LogP contribution in [0.2, 0.25) is 0 Å². The van der Waals surface area contributed by atoms with Crippen LogP contribution in [0.15, 0.2) is 12.1 Å². The van der Waals surface area contributed by atoms with Crippen molar-refractivity contribution in [2.75, 3.05) is 11.9 Å². The van der Waals surface area contributed by atoms with Gasteiger partial charge in [0.15, 0.2) is 5.69 Å². The molecule has 5 heteroatoms. The molecule has 1 fully saturated rings. The lowest BCUT2D eigenvalue weighted by molar-refractivity contribution is 0.0950. The summed E-state index contributed by atoms with van der Waals surface area (Å²) in [6.07, 6.45) is 3.89. The molecule has 1 unspecified atom stereocenters. The molecule has 0 radical (unpaired) electrons. The van der Waals surface area contributed by atoms with Crippen LogP contribution in [0.25, 0.3) is 0 Å². The molecule has 1 aromatic heterocycles. The highest BCUT2D eigenvalue weighted by molar-refractivity contribution is 5.92. The Kier molecular flexibility index (Phi) is 4.12. The Morgan fingerprint density at radius 3 is 2.78 bits per heavy atom. The van der Waals surface area contributed by atoms with E-state index in [1.54, 1.807) is 12.1 Å². The van der Waals surface area contributed by atoms with E-state index in [0.717, 1.165) is 11.7 Å². The van der Waals surface area contributed by atoms with E-state index in [1.807, 2.05) is 6.92 Å². The molecule has 1 amide bonds. The second-order valence-electron chi connectivity index (χ2n) is 4.89. The van der Waals surface area contributed by atoms with Gasteiger partial charge in [-0.1, -0.05) is 12.8 Å². The smallest absolute Gasteiger partial charge is 0.271 e. The van der Waals surface area contributed by atoms with Crippen LogP contribution in [0.4, 0.5) is 5.82 Å². The van der Waals surface area contributed by atoms with Gasteiger partial charge >= 0.3 is 0 Å². The maximum atomic E-state index is 11.5. The maximum Gasteiger partial charge on any atom is 0.271 e. The molecule has 1 heterocycles. The van der Waals surface area contributed by atoms with E-state index in [2.05, 4.69) is 27.8 Å². The van der Waals surface area contributed by atoms with Crippen molar-refractivity contribution in [3.63, 3.8) is 0 Å². The minimum Gasteiger partial charge on any atom is -0.366 e. The summed E-state index contributed by atoms with van der Waals surface area (Å²) >= 11 is 0. The maximum absolute atomic E-state index is 11.5. The molecule has 2 N–H and O–H groups in total. The highest BCUT2D eigenvalue weighted by Gasteiger charge is 2.23. The molecule has 1 atom stereocenters. The van der Waals surface area contributed by atoms with Crippen molar-refractivity contribution in [1.82, 2.24) is 15.5 Å². The minimum atomic E-state index is -0.178. The van der Waals surface area contributed by atoms with E-state index in [1.165, 1.54) is 19.3 Å². The van der Waals surface area contributed by atoms with Gasteiger partial charge in [0.25, 0.3) is 5.91 Å². The molecule has 1 aliphatic rings. The first-order chi connectivity index (χ1) is 8.69. The van der Waals surface area contributed by atoms with Gasteiger partial charge in [-0.05, 0) is 38.3 Å². The van der Waals surface area contributed by atoms with E-state index >= 15 is 0 Å². The van der Waals surface area contributed by atoms with Gasteiger partial charge < -0.3 is 10.6 Å². The van der Waals surface area contributed by atoms with Gasteiger partial charge in [-0.15, -0.1) is 10.2 Å². The molecule has 0 saturated heterocycles. The summed E-state index contributed by atoms with van der Waals surface area (Å²) in [5.74, 6) is 1.44. The lowest BCUT2D eigenvalue weighted by Gasteiger charge is -2.13. The van der Waals surface area contributed by atoms with E-state index in [9.17, 15) is 4.79 Å². The molecular weight excluding hydrogens is 228 g/mol. The molecule has 1 aromatic rings. The number of carbonyl (C=O) groups excluding carboxylic acids is 1. The van der Waals surface area contributed by atoms with Crippen LogP contribution < -0.4 is 10.6 Å². The number of amides is 1. The fraction of sp³-hybridized carbons (Fsp3) is 0.615. The Morgan fingerprint density at radius 1 is 1.44 bits per heavy atom. The van der Waals surface area contributed by atoms with E-state index in [4.69, 9.17) is 0 Å². The van der Waals surface area contributed by atoms with Crippen LogP contribution >= 0.6 is 0 Å². The summed E-state index contributed by atoms with van der Waals surface area (Å²) in [4.78, 5) is 11.5. The molecule has 5 nitrogen and oxygen atoms in total. The quantitative estimate of drug-likeness (QED) is 0.806. The highest BCUT2D eigenvalue weighted by atomic mass is 16.1. The van der Waals surface area contributed by atoms with Crippen LogP contribution in [0, 0.1) is 5.92 Å². The Morgan fingerprint density at radius 2 is 2.22 bits per heavy atom. The van der Waals surface area contributed by atoms with Crippen molar-refractivity contribution in [3.8, 4) is 0 Å². The molecule has 1 saturated carbocycles. The van der Waals surface area contributed by atoms with Crippen LogP contribution in [-0.2, 0) is 0 Å². The third-order valence-electron chi connectivity index (χ3n) is 3.01. The number of carbonyl (C=O) groups is 1. The normalized spacial score (nSPS) is 16.1. The summed E-state index contributed by atoms with van der Waals surface area (Å²) in [5.41, 5.74) is 0.359. The molecule has 98 valence electrons. The van der Waals surface area contributed by atoms with Crippen molar-refractivity contribution < 1.29 is 4.79 Å². The zero-order chi connectivity index (χ0) is 13.0. The fourth-order valence-corrected chi connectivity index (χ4v) is 1.95. The van der Waals surface area contributed by atoms with Crippen LogP contribution in [0.1, 0.15) is 43.6 Å². The molecule has 18 heavy (non-hydrogen) atoms. The molecule has 0 aliphatic heterocycles. The Balaban J connectivity index is 1.88. The van der Waals surface area contributed by atoms with Gasteiger partial charge in [0.1, 0.15) is 5.82 Å². The lowest BCUT2D eigenvalue weighted by Crippen LogP contribution is -2.24. The van der Waals surface area contributed by atoms with Crippen LogP contribution in [0.5, 0.6) is 0 Å². The summed E-state index contributed by atoms with van der Waals surface area (Å²) < 4.78 is 0. The first-order valence-electron chi connectivity index (χ1n) is 6.57. The molecule has 2 rings (SSSR count). The van der Waals surface area contributed by atoms with Gasteiger partial charge in [-0.25, -0.2) is 0 Å². The molecule has 0 bridgehead atoms. The van der Waals surface area contributed by atoms with Crippen molar-refractivity contribution >= 4 is 11.7 Å². The number of nitrogens with one attached hydrogen (secondary N) is 2. The molecule has 0 spiro atoms. The third kappa shape index (κ3) is 3.68. The molecule has 0 aromatic carbocycles. The SMILES string of the molecule is CCNC(=O)c1ccc(NC(C)CC2CC2)nn1. The van der Waals surface area contributed by atoms with Crippen molar-refractivity contribution in [2.24, 2.45) is 5.92 Å². The van der Waals surface area contributed by atoms with E-state index in [-0.39, 0.29) is 5.91 Å².